The van der Waals surface area contributed by atoms with Crippen LogP contribution in [0.2, 0.25) is 0 Å². The van der Waals surface area contributed by atoms with Crippen LogP contribution in [0, 0.1) is 5.82 Å². The van der Waals surface area contributed by atoms with Crippen LogP contribution in [-0.4, -0.2) is 21.7 Å². The second-order valence-corrected chi connectivity index (χ2v) is 5.56. The number of carbonyl (C=O) groups is 2. The first-order valence-corrected chi connectivity index (χ1v) is 7.03. The van der Waals surface area contributed by atoms with E-state index in [1.54, 1.807) is 12.3 Å². The molecule has 0 atom stereocenters. The van der Waals surface area contributed by atoms with Crippen LogP contribution in [0.25, 0.3) is 11.0 Å². The zero-order valence-corrected chi connectivity index (χ0v) is 12.6. The predicted octanol–water partition coefficient (Wildman–Crippen LogP) is 2.79. The van der Waals surface area contributed by atoms with Crippen molar-refractivity contribution in [1.82, 2.24) is 9.97 Å². The quantitative estimate of drug-likeness (QED) is 0.703. The number of ketones is 1. The molecular formula is C15H9BrFN3O2. The van der Waals surface area contributed by atoms with Crippen molar-refractivity contribution >= 4 is 38.7 Å². The Morgan fingerprint density at radius 2 is 2.00 bits per heavy atom. The lowest BCUT2D eigenvalue weighted by molar-refractivity contribution is 0.1000. The van der Waals surface area contributed by atoms with Crippen molar-refractivity contribution in [3.63, 3.8) is 0 Å². The lowest BCUT2D eigenvalue weighted by atomic mass is 10.0. The van der Waals surface area contributed by atoms with Gasteiger partial charge in [-0.05, 0) is 40.2 Å². The predicted molar refractivity (Wildman–Crippen MR) is 82.1 cm³/mol. The van der Waals surface area contributed by atoms with Gasteiger partial charge in [-0.15, -0.1) is 0 Å². The van der Waals surface area contributed by atoms with E-state index >= 15 is 0 Å². The summed E-state index contributed by atoms with van der Waals surface area (Å²) in [6.45, 7) is 0. The van der Waals surface area contributed by atoms with Crippen LogP contribution in [0.4, 0.5) is 4.39 Å². The lowest BCUT2D eigenvalue weighted by Crippen LogP contribution is -2.13. The van der Waals surface area contributed by atoms with Crippen molar-refractivity contribution in [3.8, 4) is 0 Å². The van der Waals surface area contributed by atoms with Gasteiger partial charge < -0.3 is 10.7 Å². The van der Waals surface area contributed by atoms with Gasteiger partial charge in [-0.25, -0.2) is 9.37 Å². The number of nitrogens with two attached hydrogens (primary N) is 1. The summed E-state index contributed by atoms with van der Waals surface area (Å²) in [4.78, 5) is 30.7. The molecular weight excluding hydrogens is 353 g/mol. The van der Waals surface area contributed by atoms with E-state index in [1.165, 1.54) is 12.3 Å². The van der Waals surface area contributed by atoms with Gasteiger partial charge in [-0.1, -0.05) is 0 Å². The van der Waals surface area contributed by atoms with Crippen LogP contribution < -0.4 is 5.73 Å². The molecule has 0 radical (unpaired) electrons. The molecule has 0 aliphatic carbocycles. The highest BCUT2D eigenvalue weighted by molar-refractivity contribution is 9.10. The number of nitrogens with one attached hydrogen (secondary N) is 1. The smallest absolute Gasteiger partial charge is 0.248 e. The standard InChI is InChI=1S/C15H9BrFN3O2/c16-8-4-9-11(6-20-15(9)19-5-8)13(21)10-3-7(14(18)22)1-2-12(10)17/h1-6H,(H2,18,22)(H,19,20). The number of rotatable bonds is 3. The Labute approximate surface area is 132 Å². The van der Waals surface area contributed by atoms with Gasteiger partial charge >= 0.3 is 0 Å². The zero-order valence-electron chi connectivity index (χ0n) is 11.1. The van der Waals surface area contributed by atoms with Crippen molar-refractivity contribution in [2.75, 3.05) is 0 Å². The number of primary amides is 1. The fraction of sp³-hybridized carbons (Fsp3) is 0. The highest BCUT2D eigenvalue weighted by Crippen LogP contribution is 2.24. The largest absolute Gasteiger partial charge is 0.366 e. The van der Waals surface area contributed by atoms with Crippen LogP contribution in [0.15, 0.2) is 41.1 Å². The van der Waals surface area contributed by atoms with Gasteiger partial charge in [0.05, 0.1) is 5.56 Å². The summed E-state index contributed by atoms with van der Waals surface area (Å²) in [6.07, 6.45) is 3.05. The lowest BCUT2D eigenvalue weighted by Gasteiger charge is -2.04. The number of hydrogen-bond acceptors (Lipinski definition) is 3. The number of fused-ring (bicyclic) bond motifs is 1. The van der Waals surface area contributed by atoms with E-state index in [-0.39, 0.29) is 16.7 Å². The van der Waals surface area contributed by atoms with Gasteiger partial charge in [-0.3, -0.25) is 9.59 Å². The van der Waals surface area contributed by atoms with E-state index in [9.17, 15) is 14.0 Å². The van der Waals surface area contributed by atoms with Crippen LogP contribution in [0.1, 0.15) is 26.3 Å². The summed E-state index contributed by atoms with van der Waals surface area (Å²) in [5, 5.41) is 0.559. The molecule has 0 aliphatic rings. The number of carbonyl (C=O) groups excluding carboxylic acids is 2. The third-order valence-electron chi connectivity index (χ3n) is 3.24. The van der Waals surface area contributed by atoms with Crippen LogP contribution >= 0.6 is 15.9 Å². The van der Waals surface area contributed by atoms with Crippen molar-refractivity contribution in [2.24, 2.45) is 5.73 Å². The van der Waals surface area contributed by atoms with Gasteiger partial charge in [0.25, 0.3) is 0 Å². The van der Waals surface area contributed by atoms with E-state index in [4.69, 9.17) is 5.73 Å². The maximum atomic E-state index is 13.9. The molecule has 2 heterocycles. The molecule has 0 spiro atoms. The molecule has 0 unspecified atom stereocenters. The Bertz CT molecular complexity index is 920. The summed E-state index contributed by atoms with van der Waals surface area (Å²) in [6, 6.07) is 5.16. The Morgan fingerprint density at radius 3 is 2.73 bits per heavy atom. The number of aromatic amines is 1. The second-order valence-electron chi connectivity index (χ2n) is 4.64. The fourth-order valence-corrected chi connectivity index (χ4v) is 2.49. The molecule has 5 nitrogen and oxygen atoms in total. The number of hydrogen-bond donors (Lipinski definition) is 2. The summed E-state index contributed by atoms with van der Waals surface area (Å²) in [5.74, 6) is -1.99. The number of nitrogens with zero attached hydrogens (tertiary/aromatic N) is 1. The van der Waals surface area contributed by atoms with E-state index in [0.29, 0.717) is 15.5 Å². The first-order chi connectivity index (χ1) is 10.5. The minimum Gasteiger partial charge on any atom is -0.366 e. The van der Waals surface area contributed by atoms with Crippen LogP contribution in [-0.2, 0) is 0 Å². The number of aromatic nitrogens is 2. The topological polar surface area (TPSA) is 88.8 Å². The average Bonchev–Trinajstić information content (AvgIpc) is 2.89. The highest BCUT2D eigenvalue weighted by Gasteiger charge is 2.19. The number of amides is 1. The molecule has 1 amide bonds. The van der Waals surface area contributed by atoms with E-state index in [2.05, 4.69) is 25.9 Å². The normalized spacial score (nSPS) is 10.8. The van der Waals surface area contributed by atoms with Crippen LogP contribution in [0.3, 0.4) is 0 Å². The van der Waals surface area contributed by atoms with Crippen molar-refractivity contribution in [1.29, 1.82) is 0 Å². The minimum absolute atomic E-state index is 0.0731. The molecule has 1 aromatic carbocycles. The first-order valence-electron chi connectivity index (χ1n) is 6.24. The third-order valence-corrected chi connectivity index (χ3v) is 3.67. The van der Waals surface area contributed by atoms with Gasteiger partial charge in [0.15, 0.2) is 5.78 Å². The van der Waals surface area contributed by atoms with Crippen molar-refractivity contribution in [2.45, 2.75) is 0 Å². The molecule has 22 heavy (non-hydrogen) atoms. The monoisotopic (exact) mass is 361 g/mol. The molecule has 0 aliphatic heterocycles. The summed E-state index contributed by atoms with van der Waals surface area (Å²) < 4.78 is 14.6. The molecule has 2 aromatic heterocycles. The van der Waals surface area contributed by atoms with Gasteiger partial charge in [0.1, 0.15) is 11.5 Å². The summed E-state index contributed by atoms with van der Waals surface area (Å²) in [7, 11) is 0. The Hall–Kier alpha value is -2.54. The van der Waals surface area contributed by atoms with Crippen LogP contribution in [0.5, 0.6) is 0 Å². The van der Waals surface area contributed by atoms with Crippen molar-refractivity contribution < 1.29 is 14.0 Å². The van der Waals surface area contributed by atoms with E-state index in [0.717, 1.165) is 12.1 Å². The Balaban J connectivity index is 2.15. The number of halogens is 2. The summed E-state index contributed by atoms with van der Waals surface area (Å²) in [5.41, 5.74) is 5.81. The Morgan fingerprint density at radius 1 is 1.23 bits per heavy atom. The fourth-order valence-electron chi connectivity index (χ4n) is 2.16. The molecule has 3 N–H and O–H groups in total. The first kappa shape index (κ1) is 14.4. The number of benzene rings is 1. The number of pyridine rings is 1. The molecule has 3 rings (SSSR count). The maximum absolute atomic E-state index is 13.9. The maximum Gasteiger partial charge on any atom is 0.248 e. The zero-order chi connectivity index (χ0) is 15.9. The van der Waals surface area contributed by atoms with E-state index < -0.39 is 17.5 Å². The Kier molecular flexibility index (Phi) is 3.50. The molecule has 0 saturated carbocycles. The second kappa shape index (κ2) is 5.34. The SMILES string of the molecule is NC(=O)c1ccc(F)c(C(=O)c2c[nH]c3ncc(Br)cc23)c1. The third kappa shape index (κ3) is 2.39. The molecule has 3 aromatic rings. The van der Waals surface area contributed by atoms with Gasteiger partial charge in [0.2, 0.25) is 5.91 Å². The van der Waals surface area contributed by atoms with Gasteiger partial charge in [0, 0.05) is 33.4 Å². The number of H-pyrrole nitrogens is 1. The molecule has 110 valence electrons. The molecule has 0 bridgehead atoms. The van der Waals surface area contributed by atoms with E-state index in [1.807, 2.05) is 0 Å². The highest BCUT2D eigenvalue weighted by atomic mass is 79.9. The molecule has 0 fully saturated rings. The van der Waals surface area contributed by atoms with Crippen molar-refractivity contribution in [3.05, 3.63) is 63.6 Å². The summed E-state index contributed by atoms with van der Waals surface area (Å²) >= 11 is 3.28. The average molecular weight is 362 g/mol. The molecule has 7 heteroatoms. The molecule has 0 saturated heterocycles. The minimum atomic E-state index is -0.725. The van der Waals surface area contributed by atoms with Gasteiger partial charge in [-0.2, -0.15) is 0 Å².